The maximum absolute atomic E-state index is 12.2. The van der Waals surface area contributed by atoms with Crippen LogP contribution in [0.4, 0.5) is 0 Å². The molecule has 2 aromatic rings. The summed E-state index contributed by atoms with van der Waals surface area (Å²) in [6.45, 7) is 2.48. The van der Waals surface area contributed by atoms with Crippen molar-refractivity contribution in [1.82, 2.24) is 4.90 Å². The van der Waals surface area contributed by atoms with Crippen LogP contribution >= 0.6 is 22.9 Å². The summed E-state index contributed by atoms with van der Waals surface area (Å²) < 4.78 is 5.30. The normalized spacial score (nSPS) is 10.9. The monoisotopic (exact) mass is 335 g/mol. The van der Waals surface area contributed by atoms with Crippen LogP contribution in [0.3, 0.4) is 0 Å². The van der Waals surface area contributed by atoms with Crippen molar-refractivity contribution in [3.63, 3.8) is 0 Å². The summed E-state index contributed by atoms with van der Waals surface area (Å²) in [5, 5.41) is 0.626. The van der Waals surface area contributed by atoms with Crippen molar-refractivity contribution in [3.05, 3.63) is 56.7 Å². The molecule has 0 spiro atoms. The number of halogens is 1. The maximum Gasteiger partial charge on any atom is 0.246 e. The number of likely N-dealkylation sites (N-methyl/N-ethyl adjacent to an activating group) is 1. The number of rotatable bonds is 5. The van der Waals surface area contributed by atoms with E-state index < -0.39 is 0 Å². The summed E-state index contributed by atoms with van der Waals surface area (Å²) in [7, 11) is 3.36. The van der Waals surface area contributed by atoms with Crippen LogP contribution in [-0.4, -0.2) is 25.0 Å². The number of methoxy groups -OCH3 is 1. The zero-order valence-electron chi connectivity index (χ0n) is 12.8. The average molecular weight is 336 g/mol. The molecular weight excluding hydrogens is 318 g/mol. The summed E-state index contributed by atoms with van der Waals surface area (Å²) in [5.74, 6) is 0.662. The highest BCUT2D eigenvalue weighted by molar-refractivity contribution is 7.12. The number of hydrogen-bond donors (Lipinski definition) is 0. The first kappa shape index (κ1) is 16.6. The van der Waals surface area contributed by atoms with Gasteiger partial charge in [-0.1, -0.05) is 11.6 Å². The van der Waals surface area contributed by atoms with Crippen LogP contribution in [-0.2, 0) is 11.3 Å². The van der Waals surface area contributed by atoms with Gasteiger partial charge in [0, 0.05) is 40.0 Å². The number of benzene rings is 1. The predicted octanol–water partition coefficient (Wildman–Crippen LogP) is 4.39. The van der Waals surface area contributed by atoms with E-state index in [-0.39, 0.29) is 5.91 Å². The van der Waals surface area contributed by atoms with E-state index in [0.29, 0.717) is 11.6 Å². The molecule has 0 bridgehead atoms. The zero-order valence-corrected chi connectivity index (χ0v) is 14.4. The Morgan fingerprint density at radius 2 is 2.14 bits per heavy atom. The van der Waals surface area contributed by atoms with Crippen molar-refractivity contribution in [3.8, 4) is 5.75 Å². The molecule has 1 heterocycles. The van der Waals surface area contributed by atoms with Crippen molar-refractivity contribution in [2.75, 3.05) is 14.2 Å². The Hall–Kier alpha value is -1.78. The van der Waals surface area contributed by atoms with Crippen LogP contribution in [0.5, 0.6) is 5.75 Å². The van der Waals surface area contributed by atoms with Gasteiger partial charge in [-0.25, -0.2) is 0 Å². The lowest BCUT2D eigenvalue weighted by Crippen LogP contribution is -2.24. The average Bonchev–Trinajstić information content (AvgIpc) is 2.90. The first-order valence-electron chi connectivity index (χ1n) is 6.81. The third kappa shape index (κ3) is 4.36. The Labute approximate surface area is 139 Å². The molecule has 0 aliphatic rings. The van der Waals surface area contributed by atoms with Gasteiger partial charge >= 0.3 is 0 Å². The molecule has 116 valence electrons. The highest BCUT2D eigenvalue weighted by atomic mass is 35.5. The Bertz CT molecular complexity index is 694. The molecule has 3 nitrogen and oxygen atoms in total. The summed E-state index contributed by atoms with van der Waals surface area (Å²) in [4.78, 5) is 16.1. The van der Waals surface area contributed by atoms with Crippen molar-refractivity contribution in [2.45, 2.75) is 13.5 Å². The molecule has 5 heteroatoms. The lowest BCUT2D eigenvalue weighted by Gasteiger charge is -2.17. The molecule has 0 fully saturated rings. The van der Waals surface area contributed by atoms with Crippen molar-refractivity contribution >= 4 is 34.9 Å². The Kier molecular flexibility index (Phi) is 5.63. The number of nitrogens with zero attached hydrogens (tertiary/aromatic N) is 1. The van der Waals surface area contributed by atoms with E-state index in [1.54, 1.807) is 48.6 Å². The molecule has 1 aromatic carbocycles. The van der Waals surface area contributed by atoms with Crippen LogP contribution in [0.25, 0.3) is 6.08 Å². The van der Waals surface area contributed by atoms with Gasteiger partial charge in [-0.05, 0) is 43.3 Å². The summed E-state index contributed by atoms with van der Waals surface area (Å²) >= 11 is 7.67. The number of hydrogen-bond acceptors (Lipinski definition) is 3. The van der Waals surface area contributed by atoms with Gasteiger partial charge in [0.1, 0.15) is 5.75 Å². The first-order valence-corrected chi connectivity index (χ1v) is 8.01. The largest absolute Gasteiger partial charge is 0.496 e. The summed E-state index contributed by atoms with van der Waals surface area (Å²) in [6.07, 6.45) is 3.42. The topological polar surface area (TPSA) is 29.5 Å². The highest BCUT2D eigenvalue weighted by Gasteiger charge is 2.10. The third-order valence-corrected chi connectivity index (χ3v) is 4.38. The fourth-order valence-corrected chi connectivity index (χ4v) is 3.00. The second-order valence-corrected chi connectivity index (χ2v) is 6.69. The number of carbonyl (C=O) groups is 1. The molecule has 22 heavy (non-hydrogen) atoms. The van der Waals surface area contributed by atoms with E-state index in [1.807, 2.05) is 31.2 Å². The minimum atomic E-state index is -0.0620. The zero-order chi connectivity index (χ0) is 16.1. The molecule has 0 saturated carbocycles. The molecular formula is C17H18ClNO2S. The molecule has 2 rings (SSSR count). The van der Waals surface area contributed by atoms with Crippen molar-refractivity contribution in [1.29, 1.82) is 0 Å². The summed E-state index contributed by atoms with van der Waals surface area (Å²) in [6, 6.07) is 9.43. The maximum atomic E-state index is 12.2. The van der Waals surface area contributed by atoms with E-state index >= 15 is 0 Å². The first-order chi connectivity index (χ1) is 10.5. The van der Waals surface area contributed by atoms with E-state index in [9.17, 15) is 4.79 Å². The van der Waals surface area contributed by atoms with Gasteiger partial charge in [-0.15, -0.1) is 11.3 Å². The molecule has 0 unspecified atom stereocenters. The number of amides is 1. The lowest BCUT2D eigenvalue weighted by molar-refractivity contribution is -0.125. The predicted molar refractivity (Wildman–Crippen MR) is 92.6 cm³/mol. The van der Waals surface area contributed by atoms with Crippen LogP contribution in [0.15, 0.2) is 36.4 Å². The molecule has 0 saturated heterocycles. The van der Waals surface area contributed by atoms with E-state index in [1.165, 1.54) is 4.88 Å². The number of carbonyl (C=O) groups excluding carboxylic acids is 1. The highest BCUT2D eigenvalue weighted by Crippen LogP contribution is 2.24. The lowest BCUT2D eigenvalue weighted by atomic mass is 10.2. The molecule has 0 aliphatic heterocycles. The molecule has 0 radical (unpaired) electrons. The Balaban J connectivity index is 2.05. The van der Waals surface area contributed by atoms with Crippen LogP contribution in [0.2, 0.25) is 5.02 Å². The van der Waals surface area contributed by atoms with E-state index in [4.69, 9.17) is 16.3 Å². The van der Waals surface area contributed by atoms with Gasteiger partial charge in [0.15, 0.2) is 0 Å². The molecule has 1 amide bonds. The molecule has 0 N–H and O–H groups in total. The Morgan fingerprint density at radius 3 is 2.77 bits per heavy atom. The molecule has 0 aliphatic carbocycles. The smallest absolute Gasteiger partial charge is 0.246 e. The number of thiophene rings is 1. The Morgan fingerprint density at radius 1 is 1.36 bits per heavy atom. The fourth-order valence-electron chi connectivity index (χ4n) is 2.03. The van der Waals surface area contributed by atoms with E-state index in [0.717, 1.165) is 16.2 Å². The minimum absolute atomic E-state index is 0.0620. The van der Waals surface area contributed by atoms with Crippen molar-refractivity contribution < 1.29 is 9.53 Å². The van der Waals surface area contributed by atoms with Gasteiger partial charge in [0.25, 0.3) is 0 Å². The van der Waals surface area contributed by atoms with Gasteiger partial charge < -0.3 is 9.64 Å². The summed E-state index contributed by atoms with van der Waals surface area (Å²) in [5.41, 5.74) is 0.881. The van der Waals surface area contributed by atoms with Gasteiger partial charge in [0.05, 0.1) is 7.11 Å². The van der Waals surface area contributed by atoms with Gasteiger partial charge in [0.2, 0.25) is 5.91 Å². The SMILES string of the molecule is COc1ccc(Cl)cc1CN(C)C(=O)/C=C/c1ccc(C)s1. The second kappa shape index (κ2) is 7.47. The second-order valence-electron chi connectivity index (χ2n) is 4.93. The number of ether oxygens (including phenoxy) is 1. The van der Waals surface area contributed by atoms with E-state index in [2.05, 4.69) is 0 Å². The third-order valence-electron chi connectivity index (χ3n) is 3.18. The standard InChI is InChI=1S/C17H18ClNO2S/c1-12-4-6-15(22-12)7-9-17(20)19(2)11-13-10-14(18)5-8-16(13)21-3/h4-10H,11H2,1-3H3/b9-7+. The van der Waals surface area contributed by atoms with Gasteiger partial charge in [-0.3, -0.25) is 4.79 Å². The van der Waals surface area contributed by atoms with Crippen LogP contribution < -0.4 is 4.74 Å². The fraction of sp³-hybridized carbons (Fsp3) is 0.235. The van der Waals surface area contributed by atoms with Crippen molar-refractivity contribution in [2.24, 2.45) is 0 Å². The van der Waals surface area contributed by atoms with Gasteiger partial charge in [-0.2, -0.15) is 0 Å². The molecule has 0 atom stereocenters. The van der Waals surface area contributed by atoms with Crippen LogP contribution in [0.1, 0.15) is 15.3 Å². The minimum Gasteiger partial charge on any atom is -0.496 e. The number of aryl methyl sites for hydroxylation is 1. The molecule has 1 aromatic heterocycles. The van der Waals surface area contributed by atoms with Crippen LogP contribution in [0, 0.1) is 6.92 Å². The quantitative estimate of drug-likeness (QED) is 0.758.